The van der Waals surface area contributed by atoms with Gasteiger partial charge in [-0.25, -0.2) is 0 Å². The third-order valence-corrected chi connectivity index (χ3v) is 3.36. The number of hydrogen-bond acceptors (Lipinski definition) is 1. The largest absolute Gasteiger partial charge is 0.252 e. The molecule has 3 rings (SSSR count). The molecule has 0 saturated heterocycles. The maximum absolute atomic E-state index is 4.80. The molecule has 0 spiro atoms. The Kier molecular flexibility index (Phi) is 2.37. The lowest BCUT2D eigenvalue weighted by Gasteiger charge is -2.18. The summed E-state index contributed by atoms with van der Waals surface area (Å²) in [6.45, 7) is 6.59. The van der Waals surface area contributed by atoms with E-state index >= 15 is 0 Å². The number of pyridine rings is 1. The third-order valence-electron chi connectivity index (χ3n) is 3.36. The minimum atomic E-state index is 0.0971. The monoisotopic (exact) mass is 235 g/mol. The smallest absolute Gasteiger partial charge is 0.0711 e. The van der Waals surface area contributed by atoms with E-state index in [4.69, 9.17) is 4.98 Å². The van der Waals surface area contributed by atoms with Crippen LogP contribution in [0.15, 0.2) is 48.5 Å². The second-order valence-corrected chi connectivity index (χ2v) is 5.80. The number of aromatic nitrogens is 1. The quantitative estimate of drug-likeness (QED) is 0.515. The summed E-state index contributed by atoms with van der Waals surface area (Å²) in [5.74, 6) is 0. The van der Waals surface area contributed by atoms with Crippen molar-refractivity contribution >= 4 is 21.7 Å². The number of fused-ring (bicyclic) bond motifs is 3. The first-order valence-corrected chi connectivity index (χ1v) is 6.35. The molecule has 0 N–H and O–H groups in total. The van der Waals surface area contributed by atoms with Gasteiger partial charge in [0.25, 0.3) is 0 Å². The second-order valence-electron chi connectivity index (χ2n) is 5.80. The van der Waals surface area contributed by atoms with E-state index in [2.05, 4.69) is 69.3 Å². The first-order valence-electron chi connectivity index (χ1n) is 6.35. The van der Waals surface area contributed by atoms with Gasteiger partial charge in [0.2, 0.25) is 0 Å². The fraction of sp³-hybridized carbons (Fsp3) is 0.235. The highest BCUT2D eigenvalue weighted by atomic mass is 14.7. The van der Waals surface area contributed by atoms with E-state index < -0.39 is 0 Å². The molecule has 0 aliphatic rings. The first kappa shape index (κ1) is 11.2. The SMILES string of the molecule is CC(C)(C)c1ccc2c(ccc3ccccc32)n1. The summed E-state index contributed by atoms with van der Waals surface area (Å²) in [4.78, 5) is 4.80. The molecule has 2 aromatic carbocycles. The summed E-state index contributed by atoms with van der Waals surface area (Å²) in [7, 11) is 0. The molecule has 1 heteroatoms. The molecule has 1 aromatic heterocycles. The third kappa shape index (κ3) is 1.76. The van der Waals surface area contributed by atoms with Crippen LogP contribution in [0.4, 0.5) is 0 Å². The van der Waals surface area contributed by atoms with Crippen LogP contribution in [-0.4, -0.2) is 4.98 Å². The molecule has 0 fully saturated rings. The minimum Gasteiger partial charge on any atom is -0.252 e. The Morgan fingerprint density at radius 1 is 0.778 bits per heavy atom. The zero-order valence-corrected chi connectivity index (χ0v) is 11.1. The second kappa shape index (κ2) is 3.81. The van der Waals surface area contributed by atoms with E-state index in [0.717, 1.165) is 11.2 Å². The zero-order valence-electron chi connectivity index (χ0n) is 11.1. The van der Waals surface area contributed by atoms with Gasteiger partial charge in [-0.2, -0.15) is 0 Å². The predicted octanol–water partition coefficient (Wildman–Crippen LogP) is 4.69. The molecule has 90 valence electrons. The van der Waals surface area contributed by atoms with Crippen LogP contribution >= 0.6 is 0 Å². The number of nitrogens with zero attached hydrogens (tertiary/aromatic N) is 1. The molecule has 18 heavy (non-hydrogen) atoms. The van der Waals surface area contributed by atoms with Gasteiger partial charge in [-0.15, -0.1) is 0 Å². The van der Waals surface area contributed by atoms with Crippen molar-refractivity contribution in [3.05, 3.63) is 54.2 Å². The van der Waals surface area contributed by atoms with Gasteiger partial charge in [-0.1, -0.05) is 57.2 Å². The van der Waals surface area contributed by atoms with E-state index in [9.17, 15) is 0 Å². The molecule has 0 bridgehead atoms. The van der Waals surface area contributed by atoms with Gasteiger partial charge in [-0.3, -0.25) is 4.98 Å². The highest BCUT2D eigenvalue weighted by Crippen LogP contribution is 2.27. The Labute approximate surface area is 107 Å². The van der Waals surface area contributed by atoms with Gasteiger partial charge in [0.1, 0.15) is 0 Å². The van der Waals surface area contributed by atoms with E-state index in [1.165, 1.54) is 16.2 Å². The number of benzene rings is 2. The highest BCUT2D eigenvalue weighted by Gasteiger charge is 2.15. The Morgan fingerprint density at radius 2 is 1.56 bits per heavy atom. The van der Waals surface area contributed by atoms with Crippen molar-refractivity contribution in [3.8, 4) is 0 Å². The molecule has 3 aromatic rings. The standard InChI is InChI=1S/C17H17N/c1-17(2,3)16-11-9-14-13-7-5-4-6-12(13)8-10-15(14)18-16/h4-11H,1-3H3. The van der Waals surface area contributed by atoms with Crippen LogP contribution in [-0.2, 0) is 5.41 Å². The van der Waals surface area contributed by atoms with E-state index in [0.29, 0.717) is 0 Å². The van der Waals surface area contributed by atoms with Crippen molar-refractivity contribution < 1.29 is 0 Å². The van der Waals surface area contributed by atoms with Gasteiger partial charge in [0.05, 0.1) is 5.52 Å². The zero-order chi connectivity index (χ0) is 12.8. The Hall–Kier alpha value is -1.89. The van der Waals surface area contributed by atoms with Crippen LogP contribution in [0.25, 0.3) is 21.7 Å². The van der Waals surface area contributed by atoms with E-state index in [1.807, 2.05) is 0 Å². The molecule has 0 saturated carbocycles. The summed E-state index contributed by atoms with van der Waals surface area (Å²) >= 11 is 0. The first-order chi connectivity index (χ1) is 8.55. The maximum Gasteiger partial charge on any atom is 0.0711 e. The normalized spacial score (nSPS) is 12.2. The predicted molar refractivity (Wildman–Crippen MR) is 77.9 cm³/mol. The summed E-state index contributed by atoms with van der Waals surface area (Å²) in [5.41, 5.74) is 2.33. The van der Waals surface area contributed by atoms with Crippen LogP contribution in [0, 0.1) is 0 Å². The Bertz CT molecular complexity index is 720. The van der Waals surface area contributed by atoms with Crippen LogP contribution in [0.1, 0.15) is 26.5 Å². The van der Waals surface area contributed by atoms with Gasteiger partial charge < -0.3 is 0 Å². The minimum absolute atomic E-state index is 0.0971. The fourth-order valence-corrected chi connectivity index (χ4v) is 2.30. The topological polar surface area (TPSA) is 12.9 Å². The fourth-order valence-electron chi connectivity index (χ4n) is 2.30. The molecule has 0 atom stereocenters. The van der Waals surface area contributed by atoms with Gasteiger partial charge in [-0.05, 0) is 22.9 Å². The Balaban J connectivity index is 2.35. The average molecular weight is 235 g/mol. The van der Waals surface area contributed by atoms with Crippen LogP contribution in [0.5, 0.6) is 0 Å². The van der Waals surface area contributed by atoms with E-state index in [-0.39, 0.29) is 5.41 Å². The maximum atomic E-state index is 4.80. The van der Waals surface area contributed by atoms with Crippen molar-refractivity contribution in [2.75, 3.05) is 0 Å². The lowest BCUT2D eigenvalue weighted by Crippen LogP contribution is -2.13. The van der Waals surface area contributed by atoms with Gasteiger partial charge in [0.15, 0.2) is 0 Å². The van der Waals surface area contributed by atoms with Crippen molar-refractivity contribution in [2.24, 2.45) is 0 Å². The summed E-state index contributed by atoms with van der Waals surface area (Å²) in [5, 5.41) is 3.79. The number of hydrogen-bond donors (Lipinski definition) is 0. The average Bonchev–Trinajstić information content (AvgIpc) is 2.37. The molecule has 0 amide bonds. The Morgan fingerprint density at radius 3 is 2.33 bits per heavy atom. The van der Waals surface area contributed by atoms with Crippen LogP contribution in [0.2, 0.25) is 0 Å². The lowest BCUT2D eigenvalue weighted by atomic mass is 9.91. The van der Waals surface area contributed by atoms with Crippen LogP contribution in [0.3, 0.4) is 0 Å². The summed E-state index contributed by atoms with van der Waals surface area (Å²) < 4.78 is 0. The van der Waals surface area contributed by atoms with Gasteiger partial charge >= 0.3 is 0 Å². The molecular weight excluding hydrogens is 218 g/mol. The van der Waals surface area contributed by atoms with Crippen molar-refractivity contribution in [3.63, 3.8) is 0 Å². The molecular formula is C17H17N. The molecule has 0 radical (unpaired) electrons. The molecule has 0 aliphatic heterocycles. The highest BCUT2D eigenvalue weighted by molar-refractivity contribution is 6.06. The summed E-state index contributed by atoms with van der Waals surface area (Å²) in [6, 6.07) is 17.1. The lowest BCUT2D eigenvalue weighted by molar-refractivity contribution is 0.571. The van der Waals surface area contributed by atoms with Crippen molar-refractivity contribution in [1.82, 2.24) is 4.98 Å². The van der Waals surface area contributed by atoms with E-state index in [1.54, 1.807) is 0 Å². The van der Waals surface area contributed by atoms with Gasteiger partial charge in [0, 0.05) is 16.5 Å². The number of rotatable bonds is 0. The van der Waals surface area contributed by atoms with Crippen molar-refractivity contribution in [1.29, 1.82) is 0 Å². The molecule has 1 heterocycles. The molecule has 1 nitrogen and oxygen atoms in total. The molecule has 0 aliphatic carbocycles. The molecule has 0 unspecified atom stereocenters. The van der Waals surface area contributed by atoms with Crippen molar-refractivity contribution in [2.45, 2.75) is 26.2 Å². The van der Waals surface area contributed by atoms with Crippen LogP contribution < -0.4 is 0 Å². The summed E-state index contributed by atoms with van der Waals surface area (Å²) in [6.07, 6.45) is 0.